The van der Waals surface area contributed by atoms with Crippen LogP contribution in [0.2, 0.25) is 0 Å². The number of anilines is 1. The highest BCUT2D eigenvalue weighted by atomic mass is 35.5. The number of nitrogens with one attached hydrogen (secondary N) is 1. The van der Waals surface area contributed by atoms with E-state index in [1.165, 1.54) is 32.1 Å². The smallest absolute Gasteiger partial charge is 0.227 e. The van der Waals surface area contributed by atoms with Crippen LogP contribution < -0.4 is 15.8 Å². The molecule has 0 heterocycles. The molecule has 3 rings (SSSR count). The molecule has 0 radical (unpaired) electrons. The third-order valence-electron chi connectivity index (χ3n) is 5.42. The summed E-state index contributed by atoms with van der Waals surface area (Å²) >= 11 is 0. The second-order valence-electron chi connectivity index (χ2n) is 6.97. The van der Waals surface area contributed by atoms with Gasteiger partial charge in [-0.2, -0.15) is 0 Å². The number of benzene rings is 1. The highest BCUT2D eigenvalue weighted by molar-refractivity contribution is 5.92. The van der Waals surface area contributed by atoms with Gasteiger partial charge in [0.15, 0.2) is 0 Å². The molecule has 1 aromatic carbocycles. The van der Waals surface area contributed by atoms with E-state index in [1.807, 2.05) is 24.3 Å². The highest BCUT2D eigenvalue weighted by Gasteiger charge is 2.34. The summed E-state index contributed by atoms with van der Waals surface area (Å²) in [4.78, 5) is 12.5. The first kappa shape index (κ1) is 19.1. The molecular weight excluding hydrogens is 324 g/mol. The van der Waals surface area contributed by atoms with Crippen molar-refractivity contribution >= 4 is 24.0 Å². The van der Waals surface area contributed by atoms with Crippen molar-refractivity contribution in [2.45, 2.75) is 44.9 Å². The van der Waals surface area contributed by atoms with Crippen molar-refractivity contribution in [3.8, 4) is 5.75 Å². The van der Waals surface area contributed by atoms with Gasteiger partial charge in [-0.3, -0.25) is 4.79 Å². The lowest BCUT2D eigenvalue weighted by molar-refractivity contribution is -0.122. The van der Waals surface area contributed by atoms with E-state index in [1.54, 1.807) is 0 Å². The first-order chi connectivity index (χ1) is 11.3. The topological polar surface area (TPSA) is 64.3 Å². The van der Waals surface area contributed by atoms with Crippen molar-refractivity contribution in [1.29, 1.82) is 0 Å². The van der Waals surface area contributed by atoms with Crippen LogP contribution in [0.5, 0.6) is 5.75 Å². The van der Waals surface area contributed by atoms with Crippen LogP contribution in [0.3, 0.4) is 0 Å². The zero-order valence-electron chi connectivity index (χ0n) is 14.2. The molecule has 3 atom stereocenters. The summed E-state index contributed by atoms with van der Waals surface area (Å²) in [6.07, 6.45) is 8.79. The average Bonchev–Trinajstić information content (AvgIpc) is 2.60. The van der Waals surface area contributed by atoms with Gasteiger partial charge in [0.1, 0.15) is 12.4 Å². The van der Waals surface area contributed by atoms with E-state index >= 15 is 0 Å². The second kappa shape index (κ2) is 9.28. The van der Waals surface area contributed by atoms with Gasteiger partial charge in [0.25, 0.3) is 0 Å². The molecule has 2 aliphatic carbocycles. The van der Waals surface area contributed by atoms with Gasteiger partial charge < -0.3 is 15.8 Å². The van der Waals surface area contributed by atoms with Crippen LogP contribution in [0.1, 0.15) is 44.9 Å². The number of carbonyl (C=O) groups excluding carboxylic acids is 1. The fraction of sp³-hybridized carbons (Fsp3) is 0.632. The summed E-state index contributed by atoms with van der Waals surface area (Å²) in [6.45, 7) is 1.01. The first-order valence-electron chi connectivity index (χ1n) is 9.00. The van der Waals surface area contributed by atoms with Crippen LogP contribution >= 0.6 is 12.4 Å². The summed E-state index contributed by atoms with van der Waals surface area (Å²) in [5.74, 6) is 2.82. The third kappa shape index (κ3) is 4.87. The summed E-state index contributed by atoms with van der Waals surface area (Å²) in [5, 5.41) is 3.07. The molecule has 0 saturated heterocycles. The molecule has 3 unspecified atom stereocenters. The molecule has 0 aliphatic heterocycles. The molecule has 2 fully saturated rings. The first-order valence-corrected chi connectivity index (χ1v) is 9.00. The summed E-state index contributed by atoms with van der Waals surface area (Å²) in [7, 11) is 0. The Morgan fingerprint density at radius 1 is 1.08 bits per heavy atom. The Labute approximate surface area is 150 Å². The Hall–Kier alpha value is -1.26. The SMILES string of the molecule is Cl.NCCOc1ccc(NC(=O)C2CCC3CCCCC3C2)cc1. The number of halogens is 1. The number of rotatable bonds is 5. The van der Waals surface area contributed by atoms with Gasteiger partial charge in [-0.05, 0) is 55.4 Å². The molecule has 0 bridgehead atoms. The van der Waals surface area contributed by atoms with E-state index in [0.29, 0.717) is 13.2 Å². The number of amides is 1. The molecule has 1 aromatic rings. The van der Waals surface area contributed by atoms with Crippen molar-refractivity contribution in [3.05, 3.63) is 24.3 Å². The minimum absolute atomic E-state index is 0. The fourth-order valence-corrected chi connectivity index (χ4v) is 4.17. The highest BCUT2D eigenvalue weighted by Crippen LogP contribution is 2.42. The van der Waals surface area contributed by atoms with E-state index < -0.39 is 0 Å². The van der Waals surface area contributed by atoms with Gasteiger partial charge in [0.2, 0.25) is 5.91 Å². The minimum Gasteiger partial charge on any atom is -0.492 e. The molecule has 0 spiro atoms. The third-order valence-corrected chi connectivity index (χ3v) is 5.42. The maximum absolute atomic E-state index is 12.5. The summed E-state index contributed by atoms with van der Waals surface area (Å²) in [5.41, 5.74) is 6.27. The number of hydrogen-bond acceptors (Lipinski definition) is 3. The predicted octanol–water partition coefficient (Wildman–Crippen LogP) is 3.99. The molecule has 3 N–H and O–H groups in total. The summed E-state index contributed by atoms with van der Waals surface area (Å²) in [6, 6.07) is 7.55. The lowest BCUT2D eigenvalue weighted by Gasteiger charge is -2.38. The normalized spacial score (nSPS) is 26.0. The zero-order valence-corrected chi connectivity index (χ0v) is 15.0. The Morgan fingerprint density at radius 2 is 1.79 bits per heavy atom. The van der Waals surface area contributed by atoms with E-state index in [2.05, 4.69) is 5.32 Å². The quantitative estimate of drug-likeness (QED) is 0.842. The van der Waals surface area contributed by atoms with Crippen LogP contribution in [0.4, 0.5) is 5.69 Å². The standard InChI is InChI=1S/C19H28N2O2.ClH/c20-11-12-23-18-9-7-17(8-10-18)21-19(22)16-6-5-14-3-1-2-4-15(14)13-16;/h7-10,14-16H,1-6,11-13,20H2,(H,21,22);1H. The maximum Gasteiger partial charge on any atom is 0.227 e. The molecule has 2 saturated carbocycles. The lowest BCUT2D eigenvalue weighted by Crippen LogP contribution is -2.33. The van der Waals surface area contributed by atoms with Crippen molar-refractivity contribution < 1.29 is 9.53 Å². The van der Waals surface area contributed by atoms with E-state index in [4.69, 9.17) is 10.5 Å². The van der Waals surface area contributed by atoms with Crippen molar-refractivity contribution in [2.24, 2.45) is 23.5 Å². The van der Waals surface area contributed by atoms with Crippen molar-refractivity contribution in [2.75, 3.05) is 18.5 Å². The van der Waals surface area contributed by atoms with E-state index in [0.717, 1.165) is 36.1 Å². The largest absolute Gasteiger partial charge is 0.492 e. The fourth-order valence-electron chi connectivity index (χ4n) is 4.17. The van der Waals surface area contributed by atoms with Crippen LogP contribution in [-0.2, 0) is 4.79 Å². The molecule has 5 heteroatoms. The van der Waals surface area contributed by atoms with Crippen LogP contribution in [0, 0.1) is 17.8 Å². The van der Waals surface area contributed by atoms with E-state index in [-0.39, 0.29) is 24.2 Å². The zero-order chi connectivity index (χ0) is 16.1. The van der Waals surface area contributed by atoms with Crippen LogP contribution in [-0.4, -0.2) is 19.1 Å². The Kier molecular flexibility index (Phi) is 7.38. The lowest BCUT2D eigenvalue weighted by atomic mass is 9.67. The van der Waals surface area contributed by atoms with Gasteiger partial charge in [0, 0.05) is 18.2 Å². The molecule has 134 valence electrons. The number of fused-ring (bicyclic) bond motifs is 1. The number of carbonyl (C=O) groups is 1. The van der Waals surface area contributed by atoms with Gasteiger partial charge in [-0.25, -0.2) is 0 Å². The number of ether oxygens (including phenoxy) is 1. The molecule has 1 amide bonds. The Morgan fingerprint density at radius 3 is 2.50 bits per heavy atom. The molecule has 2 aliphatic rings. The number of nitrogens with two attached hydrogens (primary N) is 1. The van der Waals surface area contributed by atoms with Gasteiger partial charge >= 0.3 is 0 Å². The second-order valence-corrected chi connectivity index (χ2v) is 6.97. The summed E-state index contributed by atoms with van der Waals surface area (Å²) < 4.78 is 5.45. The van der Waals surface area contributed by atoms with Crippen molar-refractivity contribution in [3.63, 3.8) is 0 Å². The van der Waals surface area contributed by atoms with Gasteiger partial charge in [0.05, 0.1) is 0 Å². The van der Waals surface area contributed by atoms with Crippen LogP contribution in [0.15, 0.2) is 24.3 Å². The van der Waals surface area contributed by atoms with Gasteiger partial charge in [-0.1, -0.05) is 25.7 Å². The Balaban J connectivity index is 0.00000208. The van der Waals surface area contributed by atoms with E-state index in [9.17, 15) is 4.79 Å². The Bertz CT molecular complexity index is 521. The molecule has 0 aromatic heterocycles. The van der Waals surface area contributed by atoms with Gasteiger partial charge in [-0.15, -0.1) is 12.4 Å². The average molecular weight is 353 g/mol. The van der Waals surface area contributed by atoms with Crippen molar-refractivity contribution in [1.82, 2.24) is 0 Å². The maximum atomic E-state index is 12.5. The number of hydrogen-bond donors (Lipinski definition) is 2. The molecular formula is C19H29ClN2O2. The minimum atomic E-state index is 0. The predicted molar refractivity (Wildman–Crippen MR) is 99.7 cm³/mol. The molecule has 4 nitrogen and oxygen atoms in total. The monoisotopic (exact) mass is 352 g/mol. The molecule has 24 heavy (non-hydrogen) atoms. The van der Waals surface area contributed by atoms with Crippen LogP contribution in [0.25, 0.3) is 0 Å².